The number of hydrogen-bond donors (Lipinski definition) is 1. The van der Waals surface area contributed by atoms with Gasteiger partial charge in [-0.1, -0.05) is 0 Å². The fraction of sp³-hybridized carbons (Fsp3) is 0.417. The topological polar surface area (TPSA) is 94.5 Å². The molecular formula is C12H14N2O4S. The summed E-state index contributed by atoms with van der Waals surface area (Å²) >= 11 is 1.04. The van der Waals surface area contributed by atoms with Crippen molar-refractivity contribution < 1.29 is 19.1 Å². The first-order chi connectivity index (χ1) is 9.13. The first kappa shape index (κ1) is 15.1. The molecule has 19 heavy (non-hydrogen) atoms. The number of nitrogens with zero attached hydrogens (tertiary/aromatic N) is 2. The van der Waals surface area contributed by atoms with Crippen molar-refractivity contribution in [1.29, 1.82) is 5.26 Å². The Morgan fingerprint density at radius 3 is 2.84 bits per heavy atom. The zero-order chi connectivity index (χ0) is 14.1. The van der Waals surface area contributed by atoms with Crippen LogP contribution in [0.2, 0.25) is 0 Å². The van der Waals surface area contributed by atoms with Crippen LogP contribution in [0.25, 0.3) is 0 Å². The smallest absolute Gasteiger partial charge is 0.313 e. The standard InChI is InChI=1S/C12H14N2O4S/c13-4-2-5-14(7-10-3-1-6-18-10)11(15)8-19-9-12(16)17/h1,3,6H,2,5,7-9H2,(H,16,17). The number of furan rings is 1. The molecule has 1 N–H and O–H groups in total. The number of rotatable bonds is 8. The molecule has 0 aliphatic rings. The van der Waals surface area contributed by atoms with Gasteiger partial charge in [-0.3, -0.25) is 9.59 Å². The van der Waals surface area contributed by atoms with Gasteiger partial charge in [-0.2, -0.15) is 5.26 Å². The lowest BCUT2D eigenvalue weighted by molar-refractivity contribution is -0.133. The Morgan fingerprint density at radius 1 is 1.47 bits per heavy atom. The lowest BCUT2D eigenvalue weighted by atomic mass is 10.3. The third kappa shape index (κ3) is 5.97. The van der Waals surface area contributed by atoms with Gasteiger partial charge in [-0.05, 0) is 12.1 Å². The van der Waals surface area contributed by atoms with E-state index in [0.717, 1.165) is 11.8 Å². The van der Waals surface area contributed by atoms with Crippen molar-refractivity contribution in [3.8, 4) is 6.07 Å². The van der Waals surface area contributed by atoms with E-state index in [9.17, 15) is 9.59 Å². The SMILES string of the molecule is N#CCCN(Cc1ccco1)C(=O)CSCC(=O)O. The van der Waals surface area contributed by atoms with Crippen LogP contribution in [-0.4, -0.2) is 39.9 Å². The molecular weight excluding hydrogens is 268 g/mol. The van der Waals surface area contributed by atoms with E-state index in [-0.39, 0.29) is 23.8 Å². The van der Waals surface area contributed by atoms with Crippen molar-refractivity contribution >= 4 is 23.6 Å². The van der Waals surface area contributed by atoms with Crippen LogP contribution in [0.5, 0.6) is 0 Å². The summed E-state index contributed by atoms with van der Waals surface area (Å²) in [6.07, 6.45) is 1.75. The van der Waals surface area contributed by atoms with Crippen molar-refractivity contribution in [2.45, 2.75) is 13.0 Å². The Hall–Kier alpha value is -1.94. The van der Waals surface area contributed by atoms with Crippen LogP contribution < -0.4 is 0 Å². The van der Waals surface area contributed by atoms with E-state index in [1.54, 1.807) is 12.1 Å². The number of hydrogen-bond acceptors (Lipinski definition) is 5. The Balaban J connectivity index is 2.50. The Labute approximate surface area is 115 Å². The van der Waals surface area contributed by atoms with Gasteiger partial charge in [0.05, 0.1) is 36.8 Å². The molecule has 0 bridgehead atoms. The number of nitriles is 1. The number of carbonyl (C=O) groups excluding carboxylic acids is 1. The van der Waals surface area contributed by atoms with Gasteiger partial charge in [0.2, 0.25) is 5.91 Å². The molecule has 0 aliphatic heterocycles. The quantitative estimate of drug-likeness (QED) is 0.773. The van der Waals surface area contributed by atoms with E-state index in [1.807, 2.05) is 6.07 Å². The zero-order valence-corrected chi connectivity index (χ0v) is 11.1. The molecule has 102 valence electrons. The van der Waals surface area contributed by atoms with Crippen molar-refractivity contribution in [2.24, 2.45) is 0 Å². The summed E-state index contributed by atoms with van der Waals surface area (Å²) in [5, 5.41) is 17.1. The average Bonchev–Trinajstić information content (AvgIpc) is 2.86. The molecule has 1 amide bonds. The fourth-order valence-corrected chi connectivity index (χ4v) is 2.02. The van der Waals surface area contributed by atoms with Crippen LogP contribution in [0.4, 0.5) is 0 Å². The molecule has 0 unspecified atom stereocenters. The molecule has 0 saturated carbocycles. The van der Waals surface area contributed by atoms with Crippen molar-refractivity contribution in [2.75, 3.05) is 18.1 Å². The monoisotopic (exact) mass is 282 g/mol. The molecule has 0 spiro atoms. The maximum Gasteiger partial charge on any atom is 0.313 e. The number of thioether (sulfide) groups is 1. The molecule has 1 heterocycles. The van der Waals surface area contributed by atoms with Crippen LogP contribution in [0.15, 0.2) is 22.8 Å². The molecule has 0 saturated heterocycles. The Morgan fingerprint density at radius 2 is 2.26 bits per heavy atom. The van der Waals surface area contributed by atoms with Gasteiger partial charge in [0.1, 0.15) is 5.76 Å². The maximum atomic E-state index is 11.9. The largest absolute Gasteiger partial charge is 0.481 e. The van der Waals surface area contributed by atoms with E-state index < -0.39 is 5.97 Å². The van der Waals surface area contributed by atoms with Crippen molar-refractivity contribution in [3.05, 3.63) is 24.2 Å². The second-order valence-corrected chi connectivity index (χ2v) is 4.67. The molecule has 0 radical (unpaired) electrons. The third-order valence-corrected chi connectivity index (χ3v) is 3.13. The van der Waals surface area contributed by atoms with Crippen LogP contribution in [0.1, 0.15) is 12.2 Å². The lowest BCUT2D eigenvalue weighted by Gasteiger charge is -2.20. The minimum absolute atomic E-state index is 0.0818. The van der Waals surface area contributed by atoms with Crippen molar-refractivity contribution in [1.82, 2.24) is 4.90 Å². The highest BCUT2D eigenvalue weighted by Crippen LogP contribution is 2.09. The van der Waals surface area contributed by atoms with Crippen molar-refractivity contribution in [3.63, 3.8) is 0 Å². The molecule has 0 aliphatic carbocycles. The molecule has 0 fully saturated rings. The predicted octanol–water partition coefficient (Wildman–Crippen LogP) is 1.34. The van der Waals surface area contributed by atoms with Gasteiger partial charge in [-0.15, -0.1) is 11.8 Å². The second-order valence-electron chi connectivity index (χ2n) is 3.69. The van der Waals surface area contributed by atoms with Gasteiger partial charge in [0.25, 0.3) is 0 Å². The summed E-state index contributed by atoms with van der Waals surface area (Å²) < 4.78 is 5.16. The highest BCUT2D eigenvalue weighted by Gasteiger charge is 2.15. The van der Waals surface area contributed by atoms with E-state index >= 15 is 0 Å². The number of carboxylic acid groups (broad SMARTS) is 1. The average molecular weight is 282 g/mol. The Bertz CT molecular complexity index is 453. The number of carboxylic acids is 1. The summed E-state index contributed by atoms with van der Waals surface area (Å²) in [5.41, 5.74) is 0. The summed E-state index contributed by atoms with van der Waals surface area (Å²) in [6.45, 7) is 0.602. The van der Waals surface area contributed by atoms with Gasteiger partial charge < -0.3 is 14.4 Å². The third-order valence-electron chi connectivity index (χ3n) is 2.22. The van der Waals surface area contributed by atoms with E-state index in [4.69, 9.17) is 14.8 Å². The highest BCUT2D eigenvalue weighted by atomic mass is 32.2. The normalized spacial score (nSPS) is 9.84. The molecule has 1 aromatic rings. The molecule has 6 nitrogen and oxygen atoms in total. The highest BCUT2D eigenvalue weighted by molar-refractivity contribution is 8.00. The van der Waals surface area contributed by atoms with E-state index in [1.165, 1.54) is 11.2 Å². The van der Waals surface area contributed by atoms with Crippen LogP contribution in [0.3, 0.4) is 0 Å². The summed E-state index contributed by atoms with van der Waals surface area (Å²) in [6, 6.07) is 5.45. The minimum Gasteiger partial charge on any atom is -0.481 e. The first-order valence-electron chi connectivity index (χ1n) is 5.60. The summed E-state index contributed by atoms with van der Waals surface area (Å²) in [5.74, 6) is -0.545. The maximum absolute atomic E-state index is 11.9. The number of carbonyl (C=O) groups is 2. The summed E-state index contributed by atoms with van der Waals surface area (Å²) in [4.78, 5) is 23.8. The molecule has 7 heteroatoms. The van der Waals surface area contributed by atoms with Gasteiger partial charge in [0.15, 0.2) is 0 Å². The van der Waals surface area contributed by atoms with Gasteiger partial charge >= 0.3 is 5.97 Å². The van der Waals surface area contributed by atoms with Gasteiger partial charge in [0, 0.05) is 6.54 Å². The molecule has 0 atom stereocenters. The molecule has 1 aromatic heterocycles. The lowest BCUT2D eigenvalue weighted by Crippen LogP contribution is -2.33. The zero-order valence-electron chi connectivity index (χ0n) is 10.2. The fourth-order valence-electron chi connectivity index (χ4n) is 1.38. The number of amides is 1. The van der Waals surface area contributed by atoms with Crippen LogP contribution in [0, 0.1) is 11.3 Å². The van der Waals surface area contributed by atoms with Crippen LogP contribution in [-0.2, 0) is 16.1 Å². The first-order valence-corrected chi connectivity index (χ1v) is 6.75. The Kier molecular flexibility index (Phi) is 6.53. The van der Waals surface area contributed by atoms with E-state index in [0.29, 0.717) is 18.8 Å². The molecule has 0 aromatic carbocycles. The van der Waals surface area contributed by atoms with Crippen LogP contribution >= 0.6 is 11.8 Å². The number of aliphatic carboxylic acids is 1. The minimum atomic E-state index is -0.951. The van der Waals surface area contributed by atoms with Gasteiger partial charge in [-0.25, -0.2) is 0 Å². The second kappa shape index (κ2) is 8.21. The predicted molar refractivity (Wildman–Crippen MR) is 69.3 cm³/mol. The summed E-state index contributed by atoms with van der Waals surface area (Å²) in [7, 11) is 0. The van der Waals surface area contributed by atoms with E-state index in [2.05, 4.69) is 0 Å². The molecule has 1 rings (SSSR count).